The van der Waals surface area contributed by atoms with Gasteiger partial charge in [-0.15, -0.1) is 0 Å². The predicted molar refractivity (Wildman–Crippen MR) is 92.4 cm³/mol. The van der Waals surface area contributed by atoms with Crippen molar-refractivity contribution in [3.63, 3.8) is 0 Å². The summed E-state index contributed by atoms with van der Waals surface area (Å²) in [6.45, 7) is 7.72. The van der Waals surface area contributed by atoms with Crippen LogP contribution in [0.4, 0.5) is 5.69 Å². The first-order valence-electron chi connectivity index (χ1n) is 7.51. The van der Waals surface area contributed by atoms with Gasteiger partial charge in [0.15, 0.2) is 0 Å². The third-order valence-electron chi connectivity index (χ3n) is 3.83. The zero-order valence-electron chi connectivity index (χ0n) is 14.2. The van der Waals surface area contributed by atoms with Gasteiger partial charge in [-0.05, 0) is 44.2 Å². The Labute approximate surface area is 141 Å². The maximum atomic E-state index is 12.3. The van der Waals surface area contributed by atoms with Crippen LogP contribution in [0.25, 0.3) is 0 Å². The van der Waals surface area contributed by atoms with E-state index in [1.807, 2.05) is 13.0 Å². The Bertz CT molecular complexity index is 839. The lowest BCUT2D eigenvalue weighted by molar-refractivity contribution is -0.385. The monoisotopic (exact) mass is 351 g/mol. The summed E-state index contributed by atoms with van der Waals surface area (Å²) in [6.07, 6.45) is 3.45. The lowest BCUT2D eigenvalue weighted by Gasteiger charge is -2.29. The first kappa shape index (κ1) is 18.1. The van der Waals surface area contributed by atoms with Gasteiger partial charge >= 0.3 is 0 Å². The fourth-order valence-corrected chi connectivity index (χ4v) is 3.75. The standard InChI is InChI=1S/C16H21N3O4S/c1-11-7-13(10-16(3,4)9-11)17-18-24(22,23)14-6-5-12(2)15(8-14)19(20)21/h5-8,18H,9-10H2,1-4H3. The highest BCUT2D eigenvalue weighted by Gasteiger charge is 2.25. The molecule has 0 aliphatic heterocycles. The van der Waals surface area contributed by atoms with E-state index in [1.165, 1.54) is 12.1 Å². The Kier molecular flexibility index (Phi) is 4.80. The van der Waals surface area contributed by atoms with Crippen molar-refractivity contribution in [3.8, 4) is 0 Å². The van der Waals surface area contributed by atoms with Crippen LogP contribution in [-0.4, -0.2) is 19.1 Å². The molecule has 8 heteroatoms. The maximum Gasteiger partial charge on any atom is 0.276 e. The largest absolute Gasteiger partial charge is 0.276 e. The Morgan fingerprint density at radius 2 is 1.92 bits per heavy atom. The van der Waals surface area contributed by atoms with E-state index >= 15 is 0 Å². The molecule has 0 saturated carbocycles. The zero-order valence-corrected chi connectivity index (χ0v) is 15.0. The third kappa shape index (κ3) is 4.19. The van der Waals surface area contributed by atoms with Crippen LogP contribution in [0.2, 0.25) is 0 Å². The van der Waals surface area contributed by atoms with Gasteiger partial charge in [0.05, 0.1) is 15.5 Å². The van der Waals surface area contributed by atoms with Gasteiger partial charge in [0.2, 0.25) is 0 Å². The minimum atomic E-state index is -3.96. The van der Waals surface area contributed by atoms with Gasteiger partial charge < -0.3 is 0 Å². The van der Waals surface area contributed by atoms with Crippen molar-refractivity contribution in [2.75, 3.05) is 0 Å². The number of benzene rings is 1. The van der Waals surface area contributed by atoms with E-state index in [1.54, 1.807) is 6.92 Å². The van der Waals surface area contributed by atoms with E-state index in [4.69, 9.17) is 0 Å². The summed E-state index contributed by atoms with van der Waals surface area (Å²) >= 11 is 0. The Morgan fingerprint density at radius 3 is 2.50 bits per heavy atom. The number of nitrogens with zero attached hydrogens (tertiary/aromatic N) is 2. The summed E-state index contributed by atoms with van der Waals surface area (Å²) in [4.78, 5) is 12.4. The number of hydrazone groups is 1. The van der Waals surface area contributed by atoms with E-state index in [-0.39, 0.29) is 16.0 Å². The molecule has 0 fully saturated rings. The first-order chi connectivity index (χ1) is 11.0. The summed E-state index contributed by atoms with van der Waals surface area (Å²) in [5.74, 6) is 0. The van der Waals surface area contributed by atoms with Crippen molar-refractivity contribution >= 4 is 21.4 Å². The van der Waals surface area contributed by atoms with Crippen LogP contribution in [0.1, 0.15) is 39.2 Å². The molecule has 0 radical (unpaired) electrons. The second kappa shape index (κ2) is 6.35. The van der Waals surface area contributed by atoms with Gasteiger partial charge in [0.1, 0.15) is 0 Å². The number of hydrogen-bond donors (Lipinski definition) is 1. The molecule has 7 nitrogen and oxygen atoms in total. The van der Waals surface area contributed by atoms with Crippen LogP contribution < -0.4 is 4.83 Å². The number of sulfonamides is 1. The molecule has 1 aliphatic carbocycles. The van der Waals surface area contributed by atoms with Crippen LogP contribution in [0.5, 0.6) is 0 Å². The van der Waals surface area contributed by atoms with Crippen LogP contribution in [-0.2, 0) is 10.0 Å². The normalized spacial score (nSPS) is 19.0. The fraction of sp³-hybridized carbons (Fsp3) is 0.438. The van der Waals surface area contributed by atoms with Crippen molar-refractivity contribution in [2.24, 2.45) is 10.5 Å². The molecule has 0 unspecified atom stereocenters. The summed E-state index contributed by atoms with van der Waals surface area (Å²) in [6, 6.07) is 3.79. The van der Waals surface area contributed by atoms with Crippen LogP contribution >= 0.6 is 0 Å². The number of aryl methyl sites for hydroxylation is 1. The van der Waals surface area contributed by atoms with E-state index in [0.29, 0.717) is 17.7 Å². The molecule has 0 saturated heterocycles. The van der Waals surface area contributed by atoms with Crippen LogP contribution in [0, 0.1) is 22.5 Å². The summed E-state index contributed by atoms with van der Waals surface area (Å²) < 4.78 is 24.7. The second-order valence-corrected chi connectivity index (χ2v) is 8.57. The SMILES string of the molecule is CC1=CC(=NNS(=O)(=O)c2ccc(C)c([N+](=O)[O-])c2)CC(C)(C)C1. The number of rotatable bonds is 4. The van der Waals surface area contributed by atoms with Crippen LogP contribution in [0.15, 0.2) is 39.8 Å². The maximum absolute atomic E-state index is 12.3. The highest BCUT2D eigenvalue weighted by atomic mass is 32.2. The quantitative estimate of drug-likeness (QED) is 0.664. The van der Waals surface area contributed by atoms with Gasteiger partial charge in [0, 0.05) is 11.6 Å². The molecule has 0 atom stereocenters. The average molecular weight is 351 g/mol. The van der Waals surface area contributed by atoms with Gasteiger partial charge in [-0.25, -0.2) is 0 Å². The third-order valence-corrected chi connectivity index (χ3v) is 5.03. The Morgan fingerprint density at radius 1 is 1.25 bits per heavy atom. The minimum absolute atomic E-state index is 0.0196. The number of nitrogens with one attached hydrogen (secondary N) is 1. The molecular weight excluding hydrogens is 330 g/mol. The second-order valence-electron chi connectivity index (χ2n) is 6.91. The minimum Gasteiger partial charge on any atom is -0.258 e. The van der Waals surface area contributed by atoms with Crippen molar-refractivity contribution < 1.29 is 13.3 Å². The number of nitro groups is 1. The topological polar surface area (TPSA) is 102 Å². The number of hydrogen-bond acceptors (Lipinski definition) is 5. The van der Waals surface area contributed by atoms with Crippen molar-refractivity contribution in [2.45, 2.75) is 45.4 Å². The predicted octanol–water partition coefficient (Wildman–Crippen LogP) is 3.30. The lowest BCUT2D eigenvalue weighted by Crippen LogP contribution is -2.25. The van der Waals surface area contributed by atoms with Crippen molar-refractivity contribution in [1.29, 1.82) is 0 Å². The van der Waals surface area contributed by atoms with E-state index in [0.717, 1.165) is 18.1 Å². The highest BCUT2D eigenvalue weighted by molar-refractivity contribution is 7.89. The molecule has 2 rings (SSSR count). The molecule has 1 aromatic carbocycles. The fourth-order valence-electron chi connectivity index (χ4n) is 2.89. The molecule has 0 aromatic heterocycles. The summed E-state index contributed by atoms with van der Waals surface area (Å²) in [5, 5.41) is 15.0. The molecule has 1 N–H and O–H groups in total. The van der Waals surface area contributed by atoms with Crippen molar-refractivity contribution in [3.05, 3.63) is 45.5 Å². The molecule has 0 spiro atoms. The number of nitro benzene ring substituents is 1. The molecular formula is C16H21N3O4S. The molecule has 0 amide bonds. The van der Waals surface area contributed by atoms with Gasteiger partial charge in [-0.1, -0.05) is 25.5 Å². The van der Waals surface area contributed by atoms with Gasteiger partial charge in [0.25, 0.3) is 15.7 Å². The molecule has 1 aromatic rings. The van der Waals surface area contributed by atoms with E-state index in [9.17, 15) is 18.5 Å². The van der Waals surface area contributed by atoms with Gasteiger partial charge in [-0.3, -0.25) is 10.1 Å². The molecule has 1 aliphatic rings. The summed E-state index contributed by atoms with van der Waals surface area (Å²) in [5.41, 5.74) is 1.97. The van der Waals surface area contributed by atoms with E-state index in [2.05, 4.69) is 23.8 Å². The van der Waals surface area contributed by atoms with Crippen molar-refractivity contribution in [1.82, 2.24) is 4.83 Å². The molecule has 24 heavy (non-hydrogen) atoms. The number of allylic oxidation sites excluding steroid dienone is 2. The lowest BCUT2D eigenvalue weighted by atomic mass is 9.77. The smallest absolute Gasteiger partial charge is 0.258 e. The van der Waals surface area contributed by atoms with Crippen LogP contribution in [0.3, 0.4) is 0 Å². The highest BCUT2D eigenvalue weighted by Crippen LogP contribution is 2.33. The Balaban J connectivity index is 2.29. The first-order valence-corrected chi connectivity index (χ1v) is 8.99. The average Bonchev–Trinajstić information content (AvgIpc) is 2.43. The zero-order chi connectivity index (χ0) is 18.1. The molecule has 0 bridgehead atoms. The van der Waals surface area contributed by atoms with Gasteiger partial charge in [-0.2, -0.15) is 18.4 Å². The summed E-state index contributed by atoms with van der Waals surface area (Å²) in [7, 11) is -3.96. The molecule has 0 heterocycles. The Hall–Kier alpha value is -2.22. The van der Waals surface area contributed by atoms with E-state index < -0.39 is 14.9 Å². The molecule has 130 valence electrons.